The van der Waals surface area contributed by atoms with Gasteiger partial charge in [0, 0.05) is 12.6 Å². The molecule has 2 N–H and O–H groups in total. The van der Waals surface area contributed by atoms with Gasteiger partial charge in [-0.3, -0.25) is 9.69 Å². The lowest BCUT2D eigenvalue weighted by Crippen LogP contribution is -2.39. The summed E-state index contributed by atoms with van der Waals surface area (Å²) in [7, 11) is 1.90. The quantitative estimate of drug-likeness (QED) is 0.805. The molecular formula is C12H20N2O2S. The standard InChI is InChI=1S/C12H20N2O2S/c1-9(2)14(3)7-12(16)13-6-11(15)10-4-5-17-8-10/h4-5,8-9,11,15H,6-7H2,1-3H3,(H,13,16). The zero-order chi connectivity index (χ0) is 12.8. The van der Waals surface area contributed by atoms with Crippen LogP contribution in [0.2, 0.25) is 0 Å². The molecular weight excluding hydrogens is 236 g/mol. The van der Waals surface area contributed by atoms with Gasteiger partial charge in [-0.2, -0.15) is 11.3 Å². The van der Waals surface area contributed by atoms with Gasteiger partial charge >= 0.3 is 0 Å². The molecule has 1 aromatic heterocycles. The fourth-order valence-electron chi connectivity index (χ4n) is 1.26. The second-order valence-corrected chi connectivity index (χ2v) is 5.17. The molecule has 5 heteroatoms. The van der Waals surface area contributed by atoms with E-state index in [2.05, 4.69) is 5.32 Å². The summed E-state index contributed by atoms with van der Waals surface area (Å²) in [6, 6.07) is 2.20. The van der Waals surface area contributed by atoms with Gasteiger partial charge in [0.15, 0.2) is 0 Å². The summed E-state index contributed by atoms with van der Waals surface area (Å²) in [6.45, 7) is 4.69. The van der Waals surface area contributed by atoms with E-state index < -0.39 is 6.10 Å². The van der Waals surface area contributed by atoms with Crippen LogP contribution in [0.15, 0.2) is 16.8 Å². The van der Waals surface area contributed by atoms with Gasteiger partial charge in [-0.25, -0.2) is 0 Å². The lowest BCUT2D eigenvalue weighted by molar-refractivity contribution is -0.122. The van der Waals surface area contributed by atoms with Crippen LogP contribution in [0.5, 0.6) is 0 Å². The first-order valence-electron chi connectivity index (χ1n) is 5.67. The number of carbonyl (C=O) groups excluding carboxylic acids is 1. The second-order valence-electron chi connectivity index (χ2n) is 4.39. The third-order valence-electron chi connectivity index (χ3n) is 2.70. The molecule has 4 nitrogen and oxygen atoms in total. The molecule has 0 aliphatic carbocycles. The Morgan fingerprint density at radius 1 is 1.59 bits per heavy atom. The van der Waals surface area contributed by atoms with Gasteiger partial charge < -0.3 is 10.4 Å². The predicted octanol–water partition coefficient (Wildman–Crippen LogP) is 1.24. The monoisotopic (exact) mass is 256 g/mol. The fourth-order valence-corrected chi connectivity index (χ4v) is 1.97. The molecule has 1 unspecified atom stereocenters. The number of nitrogens with one attached hydrogen (secondary N) is 1. The molecule has 1 rings (SSSR count). The summed E-state index contributed by atoms with van der Waals surface area (Å²) in [5, 5.41) is 16.3. The number of hydrogen-bond acceptors (Lipinski definition) is 4. The summed E-state index contributed by atoms with van der Waals surface area (Å²) in [6.07, 6.45) is -0.616. The maximum Gasteiger partial charge on any atom is 0.234 e. The Morgan fingerprint density at radius 2 is 2.29 bits per heavy atom. The maximum atomic E-state index is 11.6. The van der Waals surface area contributed by atoms with E-state index in [4.69, 9.17) is 0 Å². The molecule has 0 aliphatic heterocycles. The summed E-state index contributed by atoms with van der Waals surface area (Å²) >= 11 is 1.54. The van der Waals surface area contributed by atoms with Crippen LogP contribution in [0, 0.1) is 0 Å². The van der Waals surface area contributed by atoms with Crippen molar-refractivity contribution in [3.05, 3.63) is 22.4 Å². The zero-order valence-electron chi connectivity index (χ0n) is 10.5. The topological polar surface area (TPSA) is 52.6 Å². The van der Waals surface area contributed by atoms with Gasteiger partial charge in [-0.1, -0.05) is 0 Å². The van der Waals surface area contributed by atoms with Gasteiger partial charge in [-0.15, -0.1) is 0 Å². The summed E-state index contributed by atoms with van der Waals surface area (Å²) in [5.41, 5.74) is 0.854. The van der Waals surface area contributed by atoms with Crippen molar-refractivity contribution in [3.8, 4) is 0 Å². The Morgan fingerprint density at radius 3 is 2.82 bits per heavy atom. The molecule has 0 saturated heterocycles. The zero-order valence-corrected chi connectivity index (χ0v) is 11.3. The lowest BCUT2D eigenvalue weighted by Gasteiger charge is -2.20. The fraction of sp³-hybridized carbons (Fsp3) is 0.583. The number of hydrogen-bond donors (Lipinski definition) is 2. The van der Waals surface area contributed by atoms with Gasteiger partial charge in [0.1, 0.15) is 0 Å². The Hall–Kier alpha value is -0.910. The van der Waals surface area contributed by atoms with E-state index in [1.54, 1.807) is 0 Å². The molecule has 1 atom stereocenters. The molecule has 0 saturated carbocycles. The van der Waals surface area contributed by atoms with E-state index in [0.717, 1.165) is 5.56 Å². The van der Waals surface area contributed by atoms with Gasteiger partial charge in [0.05, 0.1) is 12.6 Å². The van der Waals surface area contributed by atoms with E-state index in [9.17, 15) is 9.90 Å². The summed E-state index contributed by atoms with van der Waals surface area (Å²) in [5.74, 6) is -0.0597. The van der Waals surface area contributed by atoms with Crippen LogP contribution in [0.4, 0.5) is 0 Å². The normalized spacial score (nSPS) is 13.1. The van der Waals surface area contributed by atoms with Crippen LogP contribution >= 0.6 is 11.3 Å². The number of nitrogens with zero attached hydrogens (tertiary/aromatic N) is 1. The van der Waals surface area contributed by atoms with Crippen molar-refractivity contribution >= 4 is 17.2 Å². The minimum absolute atomic E-state index is 0.0597. The number of aliphatic hydroxyl groups is 1. The minimum atomic E-state index is -0.616. The van der Waals surface area contributed by atoms with Gasteiger partial charge in [0.2, 0.25) is 5.91 Å². The first-order chi connectivity index (χ1) is 8.00. The van der Waals surface area contributed by atoms with Gasteiger partial charge in [-0.05, 0) is 43.3 Å². The number of thiophene rings is 1. The van der Waals surface area contributed by atoms with Crippen LogP contribution < -0.4 is 5.32 Å². The van der Waals surface area contributed by atoms with Crippen LogP contribution in [0.3, 0.4) is 0 Å². The molecule has 0 fully saturated rings. The van der Waals surface area contributed by atoms with Crippen molar-refractivity contribution < 1.29 is 9.90 Å². The maximum absolute atomic E-state index is 11.6. The van der Waals surface area contributed by atoms with E-state index in [0.29, 0.717) is 12.6 Å². The summed E-state index contributed by atoms with van der Waals surface area (Å²) < 4.78 is 0. The highest BCUT2D eigenvalue weighted by Gasteiger charge is 2.12. The van der Waals surface area contributed by atoms with Crippen molar-refractivity contribution in [3.63, 3.8) is 0 Å². The Bertz CT molecular complexity index is 338. The Kier molecular flexibility index (Phi) is 5.61. The van der Waals surface area contributed by atoms with Crippen molar-refractivity contribution in [2.45, 2.75) is 26.0 Å². The molecule has 1 amide bonds. The second kappa shape index (κ2) is 6.74. The molecule has 17 heavy (non-hydrogen) atoms. The van der Waals surface area contributed by atoms with E-state index in [-0.39, 0.29) is 12.5 Å². The molecule has 0 radical (unpaired) electrons. The molecule has 96 valence electrons. The average Bonchev–Trinajstić information content (AvgIpc) is 2.79. The minimum Gasteiger partial charge on any atom is -0.387 e. The third-order valence-corrected chi connectivity index (χ3v) is 3.40. The third kappa shape index (κ3) is 4.85. The van der Waals surface area contributed by atoms with Crippen LogP contribution in [-0.2, 0) is 4.79 Å². The number of likely N-dealkylation sites (N-methyl/N-ethyl adjacent to an activating group) is 1. The average molecular weight is 256 g/mol. The number of carbonyl (C=O) groups is 1. The van der Waals surface area contributed by atoms with Crippen molar-refractivity contribution in [2.75, 3.05) is 20.1 Å². The van der Waals surface area contributed by atoms with Crippen molar-refractivity contribution in [1.82, 2.24) is 10.2 Å². The van der Waals surface area contributed by atoms with E-state index >= 15 is 0 Å². The number of amides is 1. The molecule has 0 bridgehead atoms. The molecule has 1 heterocycles. The molecule has 1 aromatic rings. The largest absolute Gasteiger partial charge is 0.387 e. The van der Waals surface area contributed by atoms with Gasteiger partial charge in [0.25, 0.3) is 0 Å². The molecule has 0 aliphatic rings. The number of rotatable bonds is 6. The summed E-state index contributed by atoms with van der Waals surface area (Å²) in [4.78, 5) is 13.5. The van der Waals surface area contributed by atoms with E-state index in [1.807, 2.05) is 42.6 Å². The smallest absolute Gasteiger partial charge is 0.234 e. The highest BCUT2D eigenvalue weighted by atomic mass is 32.1. The Balaban J connectivity index is 2.29. The SMILES string of the molecule is CC(C)N(C)CC(=O)NCC(O)c1ccsc1. The highest BCUT2D eigenvalue weighted by Crippen LogP contribution is 2.14. The van der Waals surface area contributed by atoms with Crippen LogP contribution in [-0.4, -0.2) is 42.1 Å². The molecule has 0 spiro atoms. The van der Waals surface area contributed by atoms with Crippen LogP contribution in [0.1, 0.15) is 25.5 Å². The highest BCUT2D eigenvalue weighted by molar-refractivity contribution is 7.07. The first-order valence-corrected chi connectivity index (χ1v) is 6.62. The Labute approximate surface area is 106 Å². The lowest BCUT2D eigenvalue weighted by atomic mass is 10.2. The number of aliphatic hydroxyl groups excluding tert-OH is 1. The predicted molar refractivity (Wildman–Crippen MR) is 70.1 cm³/mol. The first kappa shape index (κ1) is 14.2. The van der Waals surface area contributed by atoms with Crippen molar-refractivity contribution in [1.29, 1.82) is 0 Å². The van der Waals surface area contributed by atoms with E-state index in [1.165, 1.54) is 11.3 Å². The van der Waals surface area contributed by atoms with Crippen LogP contribution in [0.25, 0.3) is 0 Å². The van der Waals surface area contributed by atoms with Crippen molar-refractivity contribution in [2.24, 2.45) is 0 Å². The molecule has 0 aromatic carbocycles.